The molecular formula is C26H25N3OS. The van der Waals surface area contributed by atoms with Gasteiger partial charge in [-0.2, -0.15) is 5.10 Å². The summed E-state index contributed by atoms with van der Waals surface area (Å²) in [5.41, 5.74) is 7.12. The van der Waals surface area contributed by atoms with Gasteiger partial charge in [0.1, 0.15) is 0 Å². The minimum atomic E-state index is -0.127. The fourth-order valence-electron chi connectivity index (χ4n) is 3.82. The Hall–Kier alpha value is -3.31. The minimum absolute atomic E-state index is 0.127. The van der Waals surface area contributed by atoms with E-state index in [0.29, 0.717) is 5.75 Å². The zero-order valence-corrected chi connectivity index (χ0v) is 18.6. The molecular weight excluding hydrogens is 402 g/mol. The average Bonchev–Trinajstić information content (AvgIpc) is 3.03. The number of hydrazone groups is 1. The van der Waals surface area contributed by atoms with E-state index in [-0.39, 0.29) is 5.91 Å². The molecule has 3 aromatic carbocycles. The van der Waals surface area contributed by atoms with Crippen LogP contribution in [0.3, 0.4) is 0 Å². The van der Waals surface area contributed by atoms with Crippen LogP contribution in [0.5, 0.6) is 0 Å². The lowest BCUT2D eigenvalue weighted by Crippen LogP contribution is -2.19. The highest BCUT2D eigenvalue weighted by Gasteiger charge is 2.12. The van der Waals surface area contributed by atoms with Crippen molar-refractivity contribution < 1.29 is 4.79 Å². The Labute approximate surface area is 186 Å². The molecule has 156 valence electrons. The first-order valence-corrected chi connectivity index (χ1v) is 11.2. The van der Waals surface area contributed by atoms with E-state index in [0.717, 1.165) is 39.0 Å². The molecule has 0 saturated heterocycles. The number of fused-ring (bicyclic) bond motifs is 2. The molecule has 0 spiro atoms. The van der Waals surface area contributed by atoms with Crippen LogP contribution in [-0.2, 0) is 11.3 Å². The molecule has 1 amide bonds. The molecule has 0 unspecified atom stereocenters. The van der Waals surface area contributed by atoms with Crippen LogP contribution in [0.15, 0.2) is 83.3 Å². The number of nitrogens with one attached hydrogen (secondary N) is 1. The van der Waals surface area contributed by atoms with E-state index in [1.807, 2.05) is 30.3 Å². The van der Waals surface area contributed by atoms with Crippen molar-refractivity contribution in [3.63, 3.8) is 0 Å². The first kappa shape index (κ1) is 20.9. The molecule has 4 nitrogen and oxygen atoms in total. The van der Waals surface area contributed by atoms with Gasteiger partial charge in [0.15, 0.2) is 0 Å². The SMILES string of the molecule is C=CCn1c(C)c(/C=N\NC(=O)CSc2cccc3ccccc23)c2cc(C)ccc21. The van der Waals surface area contributed by atoms with Crippen molar-refractivity contribution in [2.45, 2.75) is 25.3 Å². The van der Waals surface area contributed by atoms with Crippen LogP contribution in [-0.4, -0.2) is 22.4 Å². The lowest BCUT2D eigenvalue weighted by Gasteiger charge is -2.05. The number of benzene rings is 3. The predicted molar refractivity (Wildman–Crippen MR) is 132 cm³/mol. The minimum Gasteiger partial charge on any atom is -0.340 e. The Morgan fingerprint density at radius 2 is 1.90 bits per heavy atom. The largest absolute Gasteiger partial charge is 0.340 e. The van der Waals surface area contributed by atoms with Crippen LogP contribution in [0, 0.1) is 13.8 Å². The number of aromatic nitrogens is 1. The summed E-state index contributed by atoms with van der Waals surface area (Å²) in [7, 11) is 0. The van der Waals surface area contributed by atoms with Crippen molar-refractivity contribution >= 4 is 45.6 Å². The van der Waals surface area contributed by atoms with Crippen LogP contribution in [0.2, 0.25) is 0 Å². The number of hydrogen-bond donors (Lipinski definition) is 1. The Morgan fingerprint density at radius 1 is 1.10 bits per heavy atom. The quantitative estimate of drug-likeness (QED) is 0.174. The third kappa shape index (κ3) is 4.42. The van der Waals surface area contributed by atoms with Crippen LogP contribution in [0.25, 0.3) is 21.7 Å². The Balaban J connectivity index is 1.48. The number of rotatable bonds is 7. The van der Waals surface area contributed by atoms with Crippen molar-refractivity contribution in [1.82, 2.24) is 9.99 Å². The zero-order chi connectivity index (χ0) is 21.8. The number of thioether (sulfide) groups is 1. The average molecular weight is 428 g/mol. The van der Waals surface area contributed by atoms with Crippen LogP contribution in [0.4, 0.5) is 0 Å². The Kier molecular flexibility index (Phi) is 6.23. The molecule has 0 fully saturated rings. The highest BCUT2D eigenvalue weighted by Crippen LogP contribution is 2.28. The molecule has 0 bridgehead atoms. The van der Waals surface area contributed by atoms with Gasteiger partial charge in [0.2, 0.25) is 5.91 Å². The third-order valence-electron chi connectivity index (χ3n) is 5.33. The van der Waals surface area contributed by atoms with E-state index in [2.05, 4.69) is 71.9 Å². The van der Waals surface area contributed by atoms with E-state index < -0.39 is 0 Å². The summed E-state index contributed by atoms with van der Waals surface area (Å²) >= 11 is 1.52. The number of carbonyl (C=O) groups excluding carboxylic acids is 1. The number of aryl methyl sites for hydroxylation is 1. The summed E-state index contributed by atoms with van der Waals surface area (Å²) in [6.07, 6.45) is 3.64. The second-order valence-corrected chi connectivity index (χ2v) is 8.50. The Bertz CT molecular complexity index is 1300. The van der Waals surface area contributed by atoms with Gasteiger partial charge in [-0.1, -0.05) is 54.1 Å². The topological polar surface area (TPSA) is 46.4 Å². The summed E-state index contributed by atoms with van der Waals surface area (Å²) in [4.78, 5) is 13.5. The summed E-state index contributed by atoms with van der Waals surface area (Å²) in [5.74, 6) is 0.180. The molecule has 5 heteroatoms. The Morgan fingerprint density at radius 3 is 2.74 bits per heavy atom. The van der Waals surface area contributed by atoms with Crippen molar-refractivity contribution in [3.05, 3.63) is 90.1 Å². The molecule has 0 radical (unpaired) electrons. The van der Waals surface area contributed by atoms with Gasteiger partial charge >= 0.3 is 0 Å². The molecule has 1 aromatic heterocycles. The fraction of sp³-hybridized carbons (Fsp3) is 0.154. The number of amides is 1. The molecule has 0 saturated carbocycles. The molecule has 0 aliphatic carbocycles. The number of nitrogens with zero attached hydrogens (tertiary/aromatic N) is 2. The smallest absolute Gasteiger partial charge is 0.250 e. The monoisotopic (exact) mass is 427 g/mol. The highest BCUT2D eigenvalue weighted by atomic mass is 32.2. The standard InChI is InChI=1S/C26H25N3OS/c1-4-14-29-19(3)23(22-15-18(2)12-13-24(22)29)16-27-28-26(30)17-31-25-11-7-9-20-8-5-6-10-21(20)25/h4-13,15-16H,1,14,17H2,2-3H3,(H,28,30)/b27-16-. The number of carbonyl (C=O) groups is 1. The molecule has 31 heavy (non-hydrogen) atoms. The third-order valence-corrected chi connectivity index (χ3v) is 6.40. The van der Waals surface area contributed by atoms with Gasteiger partial charge in [0.05, 0.1) is 12.0 Å². The van der Waals surface area contributed by atoms with E-state index in [1.54, 1.807) is 6.21 Å². The van der Waals surface area contributed by atoms with Gasteiger partial charge in [-0.3, -0.25) is 4.79 Å². The summed E-state index contributed by atoms with van der Waals surface area (Å²) in [6, 6.07) is 20.7. The van der Waals surface area contributed by atoms with E-state index in [9.17, 15) is 4.79 Å². The summed E-state index contributed by atoms with van der Waals surface area (Å²) in [6.45, 7) is 8.74. The van der Waals surface area contributed by atoms with Crippen molar-refractivity contribution in [1.29, 1.82) is 0 Å². The van der Waals surface area contributed by atoms with E-state index in [4.69, 9.17) is 0 Å². The maximum atomic E-state index is 12.4. The van der Waals surface area contributed by atoms with Crippen LogP contribution >= 0.6 is 11.8 Å². The van der Waals surface area contributed by atoms with E-state index >= 15 is 0 Å². The molecule has 0 aliphatic rings. The number of hydrogen-bond acceptors (Lipinski definition) is 3. The summed E-state index contributed by atoms with van der Waals surface area (Å²) < 4.78 is 2.21. The first-order chi connectivity index (χ1) is 15.1. The van der Waals surface area contributed by atoms with Crippen LogP contribution < -0.4 is 5.43 Å². The molecule has 4 aromatic rings. The van der Waals surface area contributed by atoms with Gasteiger partial charge < -0.3 is 4.57 Å². The molecule has 0 aliphatic heterocycles. The highest BCUT2D eigenvalue weighted by molar-refractivity contribution is 8.00. The van der Waals surface area contributed by atoms with Crippen molar-refractivity contribution in [2.75, 3.05) is 5.75 Å². The lowest BCUT2D eigenvalue weighted by atomic mass is 10.1. The molecule has 0 atom stereocenters. The summed E-state index contributed by atoms with van der Waals surface area (Å²) in [5, 5.41) is 7.71. The van der Waals surface area contributed by atoms with Gasteiger partial charge in [0, 0.05) is 33.6 Å². The lowest BCUT2D eigenvalue weighted by molar-refractivity contribution is -0.118. The maximum Gasteiger partial charge on any atom is 0.250 e. The molecule has 1 heterocycles. The van der Waals surface area contributed by atoms with Crippen molar-refractivity contribution in [3.8, 4) is 0 Å². The zero-order valence-electron chi connectivity index (χ0n) is 17.8. The van der Waals surface area contributed by atoms with Crippen molar-refractivity contribution in [2.24, 2.45) is 5.10 Å². The van der Waals surface area contributed by atoms with Crippen LogP contribution in [0.1, 0.15) is 16.8 Å². The van der Waals surface area contributed by atoms with Gasteiger partial charge in [-0.15, -0.1) is 18.3 Å². The maximum absolute atomic E-state index is 12.4. The van der Waals surface area contributed by atoms with E-state index in [1.165, 1.54) is 22.7 Å². The second kappa shape index (κ2) is 9.23. The number of allylic oxidation sites excluding steroid dienone is 1. The second-order valence-electron chi connectivity index (χ2n) is 7.48. The van der Waals surface area contributed by atoms with Gasteiger partial charge in [-0.05, 0) is 42.8 Å². The fourth-order valence-corrected chi connectivity index (χ4v) is 4.68. The first-order valence-electron chi connectivity index (χ1n) is 10.2. The molecule has 1 N–H and O–H groups in total. The normalized spacial score (nSPS) is 11.4. The molecule has 4 rings (SSSR count). The van der Waals surface area contributed by atoms with Gasteiger partial charge in [0.25, 0.3) is 0 Å². The predicted octanol–water partition coefficient (Wildman–Crippen LogP) is 5.84. The van der Waals surface area contributed by atoms with Gasteiger partial charge in [-0.25, -0.2) is 5.43 Å².